The van der Waals surface area contributed by atoms with E-state index in [4.69, 9.17) is 49.0 Å². The van der Waals surface area contributed by atoms with Gasteiger partial charge in [-0.3, -0.25) is 4.79 Å². The number of aromatic nitrogens is 2. The smallest absolute Gasteiger partial charge is 0.303 e. The van der Waals surface area contributed by atoms with Gasteiger partial charge in [-0.1, -0.05) is 49.2 Å². The van der Waals surface area contributed by atoms with Crippen LogP contribution in [-0.4, -0.2) is 51.9 Å². The minimum Gasteiger partial charge on any atom is -0.490 e. The van der Waals surface area contributed by atoms with Gasteiger partial charge in [0.15, 0.2) is 11.9 Å². The Kier molecular flexibility index (Phi) is 9.91. The van der Waals surface area contributed by atoms with Crippen molar-refractivity contribution in [1.82, 2.24) is 9.55 Å². The molecule has 0 aliphatic rings. The first-order valence-electron chi connectivity index (χ1n) is 11.3. The molecular formula is C26H29Cl3N2O5. The highest BCUT2D eigenvalue weighted by atomic mass is 35.5. The van der Waals surface area contributed by atoms with Crippen LogP contribution in [0.25, 0.3) is 0 Å². The zero-order valence-corrected chi connectivity index (χ0v) is 22.6. The van der Waals surface area contributed by atoms with Crippen molar-refractivity contribution < 1.29 is 24.1 Å². The summed E-state index contributed by atoms with van der Waals surface area (Å²) in [4.78, 5) is 15.5. The predicted octanol–water partition coefficient (Wildman–Crippen LogP) is 5.51. The molecule has 3 rings (SSSR count). The van der Waals surface area contributed by atoms with Gasteiger partial charge in [-0.25, -0.2) is 4.98 Å². The van der Waals surface area contributed by atoms with Crippen molar-refractivity contribution in [3.05, 3.63) is 76.3 Å². The van der Waals surface area contributed by atoms with E-state index in [0.717, 1.165) is 11.1 Å². The van der Waals surface area contributed by atoms with Crippen LogP contribution >= 0.6 is 34.8 Å². The number of hydrogen-bond acceptors (Lipinski definition) is 6. The summed E-state index contributed by atoms with van der Waals surface area (Å²) in [5.74, 6) is 0.637. The number of carbonyl (C=O) groups is 1. The van der Waals surface area contributed by atoms with E-state index in [9.17, 15) is 9.90 Å². The topological polar surface area (TPSA) is 82.8 Å². The molecule has 3 aromatic rings. The minimum absolute atomic E-state index is 0.00617. The van der Waals surface area contributed by atoms with E-state index in [1.807, 2.05) is 28.8 Å². The fraction of sp³-hybridized carbons (Fsp3) is 0.385. The van der Waals surface area contributed by atoms with Crippen LogP contribution in [0, 0.1) is 0 Å². The van der Waals surface area contributed by atoms with E-state index in [1.54, 1.807) is 30.9 Å². The van der Waals surface area contributed by atoms with Crippen LogP contribution in [0.5, 0.6) is 11.5 Å². The van der Waals surface area contributed by atoms with E-state index in [0.29, 0.717) is 28.1 Å². The van der Waals surface area contributed by atoms with Crippen molar-refractivity contribution in [2.75, 3.05) is 19.1 Å². The van der Waals surface area contributed by atoms with Gasteiger partial charge in [0, 0.05) is 24.7 Å². The molecule has 0 saturated carbocycles. The fourth-order valence-electron chi connectivity index (χ4n) is 3.59. The third-order valence-corrected chi connectivity index (χ3v) is 6.55. The number of nitrogens with zero attached hydrogens (tertiary/aromatic N) is 2. The summed E-state index contributed by atoms with van der Waals surface area (Å²) in [5.41, 5.74) is 1.48. The van der Waals surface area contributed by atoms with Gasteiger partial charge >= 0.3 is 5.97 Å². The Morgan fingerprint density at radius 2 is 1.75 bits per heavy atom. The molecule has 7 nitrogen and oxygen atoms in total. The average Bonchev–Trinajstić information content (AvgIpc) is 3.34. The highest BCUT2D eigenvalue weighted by Crippen LogP contribution is 2.40. The molecule has 2 atom stereocenters. The van der Waals surface area contributed by atoms with Crippen molar-refractivity contribution in [1.29, 1.82) is 0 Å². The second kappa shape index (κ2) is 12.7. The van der Waals surface area contributed by atoms with Gasteiger partial charge in [-0.15, -0.1) is 11.6 Å². The number of rotatable bonds is 12. The van der Waals surface area contributed by atoms with E-state index in [-0.39, 0.29) is 25.1 Å². The molecule has 0 saturated heterocycles. The number of carbonyl (C=O) groups excluding carboxylic acids is 1. The summed E-state index contributed by atoms with van der Waals surface area (Å²) in [6, 6.07) is 11.3. The normalized spacial score (nSPS) is 13.2. The molecule has 0 radical (unpaired) electrons. The number of aliphatic hydroxyl groups is 1. The SMILES string of the molecule is CC(=O)OC(COc1ccc(C(C)(C)c2cc(Cl)c(OC[C@H](O)CCl)c(Cl)c2)cc1)Cn1ccnc1. The Balaban J connectivity index is 1.69. The lowest BCUT2D eigenvalue weighted by atomic mass is 9.78. The van der Waals surface area contributed by atoms with Gasteiger partial charge in [0.2, 0.25) is 0 Å². The van der Waals surface area contributed by atoms with Gasteiger partial charge in [-0.2, -0.15) is 0 Å². The van der Waals surface area contributed by atoms with E-state index in [2.05, 4.69) is 18.8 Å². The van der Waals surface area contributed by atoms with Crippen LogP contribution in [0.1, 0.15) is 31.9 Å². The van der Waals surface area contributed by atoms with Crippen LogP contribution in [0.15, 0.2) is 55.1 Å². The lowest BCUT2D eigenvalue weighted by molar-refractivity contribution is -0.148. The molecule has 0 fully saturated rings. The highest BCUT2D eigenvalue weighted by molar-refractivity contribution is 6.37. The molecule has 36 heavy (non-hydrogen) atoms. The molecule has 0 aliphatic carbocycles. The first-order chi connectivity index (χ1) is 17.1. The zero-order valence-electron chi connectivity index (χ0n) is 20.3. The molecule has 0 aliphatic heterocycles. The zero-order chi connectivity index (χ0) is 26.3. The number of benzene rings is 2. The van der Waals surface area contributed by atoms with Crippen molar-refractivity contribution in [2.24, 2.45) is 0 Å². The molecule has 0 amide bonds. The van der Waals surface area contributed by atoms with E-state index in [1.165, 1.54) is 6.92 Å². The van der Waals surface area contributed by atoms with Gasteiger partial charge in [0.25, 0.3) is 0 Å². The van der Waals surface area contributed by atoms with Crippen LogP contribution in [0.3, 0.4) is 0 Å². The Labute approximate surface area is 225 Å². The maximum absolute atomic E-state index is 11.5. The summed E-state index contributed by atoms with van der Waals surface area (Å²) in [6.07, 6.45) is 3.86. The van der Waals surface area contributed by atoms with Crippen molar-refractivity contribution in [3.8, 4) is 11.5 Å². The fourth-order valence-corrected chi connectivity index (χ4v) is 4.28. The average molecular weight is 556 g/mol. The minimum atomic E-state index is -0.814. The Bertz CT molecular complexity index is 1110. The summed E-state index contributed by atoms with van der Waals surface area (Å²) in [6.45, 7) is 6.13. The van der Waals surface area contributed by atoms with Gasteiger partial charge in [-0.05, 0) is 35.4 Å². The molecule has 1 unspecified atom stereocenters. The standard InChI is InChI=1S/C26H29Cl3N2O5/c1-17(32)36-22(13-31-9-8-30-16-31)15-34-21-6-4-18(5-7-21)26(2,3)19-10-23(28)25(24(29)11-19)35-14-20(33)12-27/h4-11,16,20,22,33H,12-15H2,1-3H3/t20-,22?/m1/s1. The van der Waals surface area contributed by atoms with Gasteiger partial charge in [0.05, 0.1) is 28.8 Å². The second-order valence-corrected chi connectivity index (χ2v) is 9.96. The maximum Gasteiger partial charge on any atom is 0.303 e. The third kappa shape index (κ3) is 7.53. The third-order valence-electron chi connectivity index (χ3n) is 5.64. The Morgan fingerprint density at radius 3 is 2.31 bits per heavy atom. The number of esters is 1. The lowest BCUT2D eigenvalue weighted by Gasteiger charge is -2.27. The molecule has 0 bridgehead atoms. The highest BCUT2D eigenvalue weighted by Gasteiger charge is 2.26. The van der Waals surface area contributed by atoms with Gasteiger partial charge in [0.1, 0.15) is 25.1 Å². The number of aliphatic hydroxyl groups excluding tert-OH is 1. The van der Waals surface area contributed by atoms with Crippen LogP contribution in [0.4, 0.5) is 0 Å². The summed E-state index contributed by atoms with van der Waals surface area (Å²) in [7, 11) is 0. The predicted molar refractivity (Wildman–Crippen MR) is 141 cm³/mol. The number of alkyl halides is 1. The Morgan fingerprint density at radius 1 is 1.08 bits per heavy atom. The molecule has 1 heterocycles. The van der Waals surface area contributed by atoms with Crippen molar-refractivity contribution in [2.45, 2.75) is 44.9 Å². The van der Waals surface area contributed by atoms with Gasteiger partial charge < -0.3 is 23.9 Å². The van der Waals surface area contributed by atoms with Crippen molar-refractivity contribution >= 4 is 40.8 Å². The first kappa shape index (κ1) is 28.1. The van der Waals surface area contributed by atoms with Crippen LogP contribution in [0.2, 0.25) is 10.0 Å². The second-order valence-electron chi connectivity index (χ2n) is 8.84. The van der Waals surface area contributed by atoms with Crippen molar-refractivity contribution in [3.63, 3.8) is 0 Å². The molecular weight excluding hydrogens is 527 g/mol. The number of ether oxygens (including phenoxy) is 3. The molecule has 10 heteroatoms. The molecule has 2 aromatic carbocycles. The first-order valence-corrected chi connectivity index (χ1v) is 12.6. The van der Waals surface area contributed by atoms with E-state index >= 15 is 0 Å². The molecule has 1 aromatic heterocycles. The number of halogens is 3. The summed E-state index contributed by atoms with van der Waals surface area (Å²) in [5, 5.41) is 10.3. The summed E-state index contributed by atoms with van der Waals surface area (Å²) >= 11 is 18.5. The quantitative estimate of drug-likeness (QED) is 0.235. The largest absolute Gasteiger partial charge is 0.490 e. The number of hydrogen-bond donors (Lipinski definition) is 1. The monoisotopic (exact) mass is 554 g/mol. The van der Waals surface area contributed by atoms with E-state index < -0.39 is 17.6 Å². The number of imidazole rings is 1. The van der Waals surface area contributed by atoms with Crippen LogP contribution in [-0.2, 0) is 21.5 Å². The molecule has 0 spiro atoms. The molecule has 1 N–H and O–H groups in total. The maximum atomic E-state index is 11.5. The van der Waals surface area contributed by atoms with Crippen LogP contribution < -0.4 is 9.47 Å². The Hall–Kier alpha value is -2.45. The molecule has 194 valence electrons. The lowest BCUT2D eigenvalue weighted by Crippen LogP contribution is -2.28. The summed E-state index contributed by atoms with van der Waals surface area (Å²) < 4.78 is 18.7.